The van der Waals surface area contributed by atoms with Crippen molar-refractivity contribution in [2.24, 2.45) is 5.73 Å². The molecule has 0 spiro atoms. The first-order valence-electron chi connectivity index (χ1n) is 8.24. The minimum Gasteiger partial charge on any atom is -0.481 e. The van der Waals surface area contributed by atoms with Gasteiger partial charge in [0.1, 0.15) is 18.1 Å². The zero-order chi connectivity index (χ0) is 21.9. The van der Waals surface area contributed by atoms with E-state index >= 15 is 0 Å². The molecule has 4 atom stereocenters. The molecule has 0 aliphatic carbocycles. The zero-order valence-corrected chi connectivity index (χ0v) is 16.3. The molecule has 0 aromatic rings. The lowest BCUT2D eigenvalue weighted by Crippen LogP contribution is -2.57. The van der Waals surface area contributed by atoms with Crippen LogP contribution in [0, 0.1) is 0 Å². The lowest BCUT2D eigenvalue weighted by atomic mass is 10.1. The summed E-state index contributed by atoms with van der Waals surface area (Å²) in [7, 11) is 0. The van der Waals surface area contributed by atoms with Crippen LogP contribution >= 0.6 is 11.8 Å². The number of carboxylic acids is 2. The Morgan fingerprint density at radius 3 is 2.00 bits per heavy atom. The number of aliphatic hydroxyl groups excluding tert-OH is 1. The van der Waals surface area contributed by atoms with Gasteiger partial charge in [-0.3, -0.25) is 19.2 Å². The Hall–Kier alpha value is -2.38. The molecule has 0 heterocycles. The van der Waals surface area contributed by atoms with E-state index in [4.69, 9.17) is 21.1 Å². The topological polar surface area (TPSA) is 208 Å². The van der Waals surface area contributed by atoms with Crippen molar-refractivity contribution in [2.75, 3.05) is 18.6 Å². The van der Waals surface area contributed by atoms with E-state index in [9.17, 15) is 24.0 Å². The van der Waals surface area contributed by atoms with Gasteiger partial charge in [-0.15, -0.1) is 0 Å². The molecule has 0 aromatic heterocycles. The maximum absolute atomic E-state index is 12.2. The van der Waals surface area contributed by atoms with Crippen LogP contribution in [0.2, 0.25) is 0 Å². The summed E-state index contributed by atoms with van der Waals surface area (Å²) >= 11 is 1.50. The Bertz CT molecular complexity index is 588. The van der Waals surface area contributed by atoms with Gasteiger partial charge in [0, 0.05) is 0 Å². The molecule has 12 nitrogen and oxygen atoms in total. The van der Waals surface area contributed by atoms with Crippen LogP contribution < -0.4 is 21.7 Å². The van der Waals surface area contributed by atoms with E-state index in [2.05, 4.69) is 10.6 Å². The molecule has 0 rings (SSSR count). The van der Waals surface area contributed by atoms with Gasteiger partial charge >= 0.3 is 11.9 Å². The van der Waals surface area contributed by atoms with Gasteiger partial charge in [-0.25, -0.2) is 4.79 Å². The molecule has 4 unspecified atom stereocenters. The van der Waals surface area contributed by atoms with Gasteiger partial charge in [-0.1, -0.05) is 0 Å². The van der Waals surface area contributed by atoms with E-state index in [1.54, 1.807) is 0 Å². The van der Waals surface area contributed by atoms with Crippen LogP contribution in [0.4, 0.5) is 0 Å². The van der Waals surface area contributed by atoms with Gasteiger partial charge in [0.05, 0.1) is 19.1 Å². The first-order valence-corrected chi connectivity index (χ1v) is 9.63. The number of amides is 3. The summed E-state index contributed by atoms with van der Waals surface area (Å²) in [6.45, 7) is 0.396. The Kier molecular flexibility index (Phi) is 11.8. The molecule has 13 heteroatoms. The van der Waals surface area contributed by atoms with E-state index < -0.39 is 66.9 Å². The van der Waals surface area contributed by atoms with Gasteiger partial charge < -0.3 is 37.0 Å². The predicted molar refractivity (Wildman–Crippen MR) is 99.4 cm³/mol. The maximum Gasteiger partial charge on any atom is 0.328 e. The third-order valence-electron chi connectivity index (χ3n) is 3.53. The molecule has 0 saturated heterocycles. The molecule has 0 bridgehead atoms. The number of nitrogens with one attached hydrogen (secondary N) is 3. The fraction of sp³-hybridized carbons (Fsp3) is 0.667. The van der Waals surface area contributed by atoms with Crippen LogP contribution in [-0.4, -0.2) is 87.8 Å². The molecular weight excluding hydrogens is 396 g/mol. The van der Waals surface area contributed by atoms with Crippen molar-refractivity contribution in [3.8, 4) is 0 Å². The molecular formula is C15H26N4O8S. The van der Waals surface area contributed by atoms with Crippen molar-refractivity contribution in [1.29, 1.82) is 0 Å². The summed E-state index contributed by atoms with van der Waals surface area (Å²) < 4.78 is 0. The second kappa shape index (κ2) is 12.9. The Labute approximate surface area is 165 Å². The highest BCUT2D eigenvalue weighted by molar-refractivity contribution is 7.98. The summed E-state index contributed by atoms with van der Waals surface area (Å²) in [6.07, 6.45) is 1.41. The number of hydrogen-bond donors (Lipinski definition) is 7. The molecule has 28 heavy (non-hydrogen) atoms. The highest BCUT2D eigenvalue weighted by Gasteiger charge is 2.30. The zero-order valence-electron chi connectivity index (χ0n) is 15.5. The summed E-state index contributed by atoms with van der Waals surface area (Å²) in [5.74, 6) is -4.86. The number of carbonyl (C=O) groups excluding carboxylic acids is 3. The van der Waals surface area contributed by atoms with Crippen molar-refractivity contribution in [3.05, 3.63) is 0 Å². The quantitative estimate of drug-likeness (QED) is 0.161. The minimum absolute atomic E-state index is 0.392. The van der Waals surface area contributed by atoms with Crippen molar-refractivity contribution in [1.82, 2.24) is 16.0 Å². The Morgan fingerprint density at radius 2 is 1.54 bits per heavy atom. The first kappa shape index (κ1) is 25.6. The highest BCUT2D eigenvalue weighted by atomic mass is 32.2. The first-order chi connectivity index (χ1) is 13.0. The second-order valence-electron chi connectivity index (χ2n) is 5.86. The lowest BCUT2D eigenvalue weighted by molar-refractivity contribution is -0.144. The number of carbonyl (C=O) groups is 5. The summed E-state index contributed by atoms with van der Waals surface area (Å²) in [6, 6.07) is -5.22. The largest absolute Gasteiger partial charge is 0.481 e. The third-order valence-corrected chi connectivity index (χ3v) is 4.17. The normalized spacial score (nSPS) is 14.9. The van der Waals surface area contributed by atoms with Crippen LogP contribution in [0.15, 0.2) is 0 Å². The molecule has 0 fully saturated rings. The second-order valence-corrected chi connectivity index (χ2v) is 6.84. The number of rotatable bonds is 13. The Morgan fingerprint density at radius 1 is 0.964 bits per heavy atom. The van der Waals surface area contributed by atoms with E-state index in [1.165, 1.54) is 18.7 Å². The number of thioether (sulfide) groups is 1. The van der Waals surface area contributed by atoms with Crippen LogP contribution in [0.25, 0.3) is 0 Å². The minimum atomic E-state index is -1.66. The van der Waals surface area contributed by atoms with Gasteiger partial charge in [0.15, 0.2) is 0 Å². The van der Waals surface area contributed by atoms with E-state index in [0.29, 0.717) is 12.2 Å². The molecule has 0 saturated carbocycles. The summed E-state index contributed by atoms with van der Waals surface area (Å²) in [5, 5.41) is 33.1. The van der Waals surface area contributed by atoms with E-state index in [-0.39, 0.29) is 0 Å². The molecule has 0 aromatic carbocycles. The third kappa shape index (κ3) is 9.53. The van der Waals surface area contributed by atoms with Gasteiger partial charge in [0.2, 0.25) is 17.7 Å². The van der Waals surface area contributed by atoms with Crippen LogP contribution in [0.5, 0.6) is 0 Å². The fourth-order valence-corrected chi connectivity index (χ4v) is 2.39. The van der Waals surface area contributed by atoms with Crippen molar-refractivity contribution >= 4 is 41.4 Å². The monoisotopic (exact) mass is 422 g/mol. The maximum atomic E-state index is 12.2. The van der Waals surface area contributed by atoms with Crippen molar-refractivity contribution in [3.63, 3.8) is 0 Å². The Balaban J connectivity index is 4.95. The van der Waals surface area contributed by atoms with E-state index in [1.807, 2.05) is 11.6 Å². The van der Waals surface area contributed by atoms with Gasteiger partial charge in [-0.05, 0) is 25.4 Å². The van der Waals surface area contributed by atoms with Crippen LogP contribution in [-0.2, 0) is 24.0 Å². The summed E-state index contributed by atoms with van der Waals surface area (Å²) in [5.41, 5.74) is 5.69. The number of aliphatic hydroxyl groups is 1. The average Bonchev–Trinajstić information content (AvgIpc) is 2.62. The molecule has 0 aliphatic rings. The number of aliphatic carboxylic acids is 2. The van der Waals surface area contributed by atoms with Gasteiger partial charge in [-0.2, -0.15) is 11.8 Å². The standard InChI is InChI=1S/C15H26N4O8S/c1-7(17-13(24)8(16)3-4-28-2)12(23)18-9(5-11(21)22)14(25)19-10(6-20)15(26)27/h7-10,20H,3-6,16H2,1-2H3,(H,17,24)(H,18,23)(H,19,25)(H,21,22)(H,26,27). The summed E-state index contributed by atoms with van der Waals surface area (Å²) in [4.78, 5) is 58.0. The molecule has 160 valence electrons. The molecule has 0 aliphatic heterocycles. The number of hydrogen-bond acceptors (Lipinski definition) is 8. The molecule has 8 N–H and O–H groups in total. The molecule has 0 radical (unpaired) electrons. The smallest absolute Gasteiger partial charge is 0.328 e. The van der Waals surface area contributed by atoms with Crippen LogP contribution in [0.1, 0.15) is 19.8 Å². The number of carboxylic acid groups (broad SMARTS) is 2. The van der Waals surface area contributed by atoms with E-state index in [0.717, 1.165) is 0 Å². The average molecular weight is 422 g/mol. The highest BCUT2D eigenvalue weighted by Crippen LogP contribution is 2.00. The fourth-order valence-electron chi connectivity index (χ4n) is 1.90. The SMILES string of the molecule is CSCCC(N)C(=O)NC(C)C(=O)NC(CC(=O)O)C(=O)NC(CO)C(=O)O. The predicted octanol–water partition coefficient (Wildman–Crippen LogP) is -2.91. The van der Waals surface area contributed by atoms with Crippen LogP contribution in [0.3, 0.4) is 0 Å². The number of nitrogens with two attached hydrogens (primary N) is 1. The van der Waals surface area contributed by atoms with Crippen molar-refractivity contribution in [2.45, 2.75) is 43.9 Å². The van der Waals surface area contributed by atoms with Gasteiger partial charge in [0.25, 0.3) is 0 Å². The lowest BCUT2D eigenvalue weighted by Gasteiger charge is -2.22. The van der Waals surface area contributed by atoms with Crippen molar-refractivity contribution < 1.29 is 39.3 Å². The molecule has 3 amide bonds.